The van der Waals surface area contributed by atoms with Gasteiger partial charge in [-0.25, -0.2) is 4.98 Å². The Morgan fingerprint density at radius 3 is 3.21 bits per heavy atom. The summed E-state index contributed by atoms with van der Waals surface area (Å²) in [5.74, 6) is 0.349. The summed E-state index contributed by atoms with van der Waals surface area (Å²) in [6.45, 7) is 1.81. The van der Waals surface area contributed by atoms with Crippen LogP contribution in [-0.2, 0) is 11.3 Å². The van der Waals surface area contributed by atoms with Crippen LogP contribution < -0.4 is 5.73 Å². The first-order valence-corrected chi connectivity index (χ1v) is 5.11. The molecule has 1 fully saturated rings. The van der Waals surface area contributed by atoms with E-state index in [1.807, 2.05) is 0 Å². The smallest absolute Gasteiger partial charge is 0.239 e. The second kappa shape index (κ2) is 4.41. The van der Waals surface area contributed by atoms with Gasteiger partial charge in [-0.15, -0.1) is 5.10 Å². The molecule has 1 aliphatic rings. The summed E-state index contributed by atoms with van der Waals surface area (Å²) in [5.41, 5.74) is 5.40. The number of anilines is 1. The maximum atomic E-state index is 5.53. The number of aryl methyl sites for hydroxylation is 1. The molecule has 1 aromatic rings. The Bertz CT molecular complexity index is 280. The summed E-state index contributed by atoms with van der Waals surface area (Å²) < 4.78 is 7.31. The van der Waals surface area contributed by atoms with Gasteiger partial charge in [-0.2, -0.15) is 0 Å². The van der Waals surface area contributed by atoms with Crippen molar-refractivity contribution in [2.45, 2.75) is 38.3 Å². The van der Waals surface area contributed by atoms with Gasteiger partial charge < -0.3 is 10.5 Å². The summed E-state index contributed by atoms with van der Waals surface area (Å²) in [4.78, 5) is 3.87. The van der Waals surface area contributed by atoms with Crippen molar-refractivity contribution in [1.29, 1.82) is 0 Å². The fourth-order valence-electron chi connectivity index (χ4n) is 1.77. The molecule has 78 valence electrons. The van der Waals surface area contributed by atoms with Gasteiger partial charge in [0, 0.05) is 13.2 Å². The van der Waals surface area contributed by atoms with Crippen LogP contribution in [0.15, 0.2) is 6.33 Å². The van der Waals surface area contributed by atoms with E-state index in [4.69, 9.17) is 10.5 Å². The Balaban J connectivity index is 1.67. The predicted octanol–water partition coefficient (Wildman–Crippen LogP) is 0.819. The van der Waals surface area contributed by atoms with Crippen LogP contribution >= 0.6 is 0 Å². The molecule has 0 spiro atoms. The number of hydrogen-bond donors (Lipinski definition) is 1. The molecule has 5 heteroatoms. The van der Waals surface area contributed by atoms with E-state index >= 15 is 0 Å². The molecule has 1 saturated heterocycles. The molecule has 14 heavy (non-hydrogen) atoms. The van der Waals surface area contributed by atoms with Gasteiger partial charge >= 0.3 is 0 Å². The molecule has 0 bridgehead atoms. The van der Waals surface area contributed by atoms with Gasteiger partial charge in [0.25, 0.3) is 0 Å². The third-order valence-electron chi connectivity index (χ3n) is 2.49. The zero-order chi connectivity index (χ0) is 9.80. The number of nitrogens with zero attached hydrogens (tertiary/aromatic N) is 3. The molecule has 0 saturated carbocycles. The van der Waals surface area contributed by atoms with Crippen LogP contribution in [0.25, 0.3) is 0 Å². The van der Waals surface area contributed by atoms with Crippen LogP contribution in [-0.4, -0.2) is 27.5 Å². The lowest BCUT2D eigenvalue weighted by Crippen LogP contribution is -2.07. The second-order valence-electron chi connectivity index (χ2n) is 3.64. The van der Waals surface area contributed by atoms with Crippen LogP contribution in [0.2, 0.25) is 0 Å². The van der Waals surface area contributed by atoms with Crippen LogP contribution in [0.3, 0.4) is 0 Å². The fraction of sp³-hybridized carbons (Fsp3) is 0.778. The highest BCUT2D eigenvalue weighted by Gasteiger charge is 2.14. The molecular weight excluding hydrogens is 180 g/mol. The van der Waals surface area contributed by atoms with Gasteiger partial charge in [0.1, 0.15) is 6.33 Å². The second-order valence-corrected chi connectivity index (χ2v) is 3.64. The largest absolute Gasteiger partial charge is 0.378 e. The van der Waals surface area contributed by atoms with Crippen molar-refractivity contribution < 1.29 is 4.74 Å². The van der Waals surface area contributed by atoms with E-state index in [2.05, 4.69) is 10.1 Å². The van der Waals surface area contributed by atoms with E-state index in [0.717, 1.165) is 26.0 Å². The molecule has 1 aromatic heterocycles. The summed E-state index contributed by atoms with van der Waals surface area (Å²) in [6.07, 6.45) is 6.74. The minimum absolute atomic E-state index is 0.349. The van der Waals surface area contributed by atoms with E-state index in [1.54, 1.807) is 11.0 Å². The van der Waals surface area contributed by atoms with Crippen molar-refractivity contribution in [3.8, 4) is 0 Å². The molecule has 1 atom stereocenters. The maximum Gasteiger partial charge on any atom is 0.239 e. The fourth-order valence-corrected chi connectivity index (χ4v) is 1.77. The van der Waals surface area contributed by atoms with E-state index in [-0.39, 0.29) is 0 Å². The molecule has 2 N–H and O–H groups in total. The standard InChI is InChI=1S/C9H16N4O/c10-9-11-7-13(12-9)5-1-3-8-4-2-6-14-8/h7-8H,1-6H2,(H2,10,12). The molecule has 0 aromatic carbocycles. The molecule has 1 aliphatic heterocycles. The summed E-state index contributed by atoms with van der Waals surface area (Å²) in [6, 6.07) is 0. The zero-order valence-corrected chi connectivity index (χ0v) is 8.22. The first-order valence-electron chi connectivity index (χ1n) is 5.11. The third-order valence-corrected chi connectivity index (χ3v) is 2.49. The molecule has 1 unspecified atom stereocenters. The highest BCUT2D eigenvalue weighted by Crippen LogP contribution is 2.16. The number of hydrogen-bond acceptors (Lipinski definition) is 4. The number of aromatic nitrogens is 3. The van der Waals surface area contributed by atoms with Crippen molar-refractivity contribution in [3.05, 3.63) is 6.33 Å². The molecule has 2 heterocycles. The minimum atomic E-state index is 0.349. The van der Waals surface area contributed by atoms with E-state index < -0.39 is 0 Å². The average Bonchev–Trinajstić information content (AvgIpc) is 2.77. The summed E-state index contributed by atoms with van der Waals surface area (Å²) in [7, 11) is 0. The SMILES string of the molecule is Nc1ncn(CCCC2CCCO2)n1. The number of ether oxygens (including phenoxy) is 1. The predicted molar refractivity (Wildman–Crippen MR) is 52.6 cm³/mol. The molecule has 0 radical (unpaired) electrons. The Kier molecular flexibility index (Phi) is 2.98. The lowest BCUT2D eigenvalue weighted by molar-refractivity contribution is 0.101. The van der Waals surface area contributed by atoms with Crippen molar-refractivity contribution in [2.75, 3.05) is 12.3 Å². The lowest BCUT2D eigenvalue weighted by Gasteiger charge is -2.07. The lowest BCUT2D eigenvalue weighted by atomic mass is 10.1. The van der Waals surface area contributed by atoms with E-state index in [0.29, 0.717) is 12.1 Å². The van der Waals surface area contributed by atoms with Gasteiger partial charge in [-0.05, 0) is 25.7 Å². The quantitative estimate of drug-likeness (QED) is 0.774. The first kappa shape index (κ1) is 9.45. The number of rotatable bonds is 4. The molecule has 0 amide bonds. The van der Waals surface area contributed by atoms with Gasteiger partial charge in [0.2, 0.25) is 5.95 Å². The normalized spacial score (nSPS) is 21.6. The highest BCUT2D eigenvalue weighted by atomic mass is 16.5. The summed E-state index contributed by atoms with van der Waals surface area (Å²) >= 11 is 0. The van der Waals surface area contributed by atoms with Crippen LogP contribution in [0.1, 0.15) is 25.7 Å². The Labute approximate surface area is 83.3 Å². The molecule has 5 nitrogen and oxygen atoms in total. The molecular formula is C9H16N4O. The van der Waals surface area contributed by atoms with Crippen LogP contribution in [0.4, 0.5) is 5.95 Å². The van der Waals surface area contributed by atoms with Crippen molar-refractivity contribution in [3.63, 3.8) is 0 Å². The van der Waals surface area contributed by atoms with Gasteiger partial charge in [0.05, 0.1) is 6.10 Å². The highest BCUT2D eigenvalue weighted by molar-refractivity contribution is 5.09. The third kappa shape index (κ3) is 2.45. The van der Waals surface area contributed by atoms with Crippen molar-refractivity contribution in [2.24, 2.45) is 0 Å². The monoisotopic (exact) mass is 196 g/mol. The maximum absolute atomic E-state index is 5.53. The van der Waals surface area contributed by atoms with E-state index in [9.17, 15) is 0 Å². The summed E-state index contributed by atoms with van der Waals surface area (Å²) in [5, 5.41) is 4.02. The van der Waals surface area contributed by atoms with Crippen LogP contribution in [0.5, 0.6) is 0 Å². The van der Waals surface area contributed by atoms with Crippen molar-refractivity contribution >= 4 is 5.95 Å². The Morgan fingerprint density at radius 1 is 1.64 bits per heavy atom. The average molecular weight is 196 g/mol. The number of nitrogen functional groups attached to an aromatic ring is 1. The van der Waals surface area contributed by atoms with Crippen LogP contribution in [0, 0.1) is 0 Å². The zero-order valence-electron chi connectivity index (χ0n) is 8.22. The van der Waals surface area contributed by atoms with E-state index in [1.165, 1.54) is 12.8 Å². The topological polar surface area (TPSA) is 66.0 Å². The number of nitrogens with two attached hydrogens (primary N) is 1. The van der Waals surface area contributed by atoms with Gasteiger partial charge in [0.15, 0.2) is 0 Å². The Morgan fingerprint density at radius 2 is 2.57 bits per heavy atom. The minimum Gasteiger partial charge on any atom is -0.378 e. The molecule has 2 rings (SSSR count). The van der Waals surface area contributed by atoms with Gasteiger partial charge in [-0.3, -0.25) is 4.68 Å². The van der Waals surface area contributed by atoms with Crippen molar-refractivity contribution in [1.82, 2.24) is 14.8 Å². The Hall–Kier alpha value is -1.10. The first-order chi connectivity index (χ1) is 6.84. The van der Waals surface area contributed by atoms with Gasteiger partial charge in [-0.1, -0.05) is 0 Å². The molecule has 0 aliphatic carbocycles.